The summed E-state index contributed by atoms with van der Waals surface area (Å²) in [6.45, 7) is 1.98. The fraction of sp³-hybridized carbons (Fsp3) is 0.250. The Morgan fingerprint density at radius 1 is 1.50 bits per heavy atom. The number of pyridine rings is 1. The van der Waals surface area contributed by atoms with Crippen molar-refractivity contribution in [3.8, 4) is 5.88 Å². The molecule has 0 aliphatic heterocycles. The van der Waals surface area contributed by atoms with Crippen molar-refractivity contribution in [2.24, 2.45) is 0 Å². The van der Waals surface area contributed by atoms with E-state index in [4.69, 9.17) is 4.74 Å². The highest BCUT2D eigenvalue weighted by Gasteiger charge is 1.90. The summed E-state index contributed by atoms with van der Waals surface area (Å²) in [5.41, 5.74) is 1.11. The van der Waals surface area contributed by atoms with Gasteiger partial charge in [0.2, 0.25) is 5.88 Å². The SMILES string of the molecule is C[CH]c1ccc(OC)nc1. The Labute approximate surface area is 60.9 Å². The van der Waals surface area contributed by atoms with E-state index in [2.05, 4.69) is 4.98 Å². The first-order chi connectivity index (χ1) is 4.86. The predicted octanol–water partition coefficient (Wildman–Crippen LogP) is 1.66. The number of aromatic nitrogens is 1. The van der Waals surface area contributed by atoms with E-state index in [1.54, 1.807) is 13.3 Å². The molecule has 1 radical (unpaired) electrons. The Hall–Kier alpha value is -1.05. The number of ether oxygens (including phenoxy) is 1. The molecule has 0 amide bonds. The van der Waals surface area contributed by atoms with Crippen LogP contribution in [0.3, 0.4) is 0 Å². The summed E-state index contributed by atoms with van der Waals surface area (Å²) in [7, 11) is 1.61. The van der Waals surface area contributed by atoms with Crippen LogP contribution in [0.2, 0.25) is 0 Å². The monoisotopic (exact) mass is 136 g/mol. The third-order valence-electron chi connectivity index (χ3n) is 1.30. The van der Waals surface area contributed by atoms with Gasteiger partial charge in [0, 0.05) is 12.3 Å². The third kappa shape index (κ3) is 1.47. The number of nitrogens with zero attached hydrogens (tertiary/aromatic N) is 1. The first-order valence-electron chi connectivity index (χ1n) is 3.16. The van der Waals surface area contributed by atoms with Gasteiger partial charge in [-0.25, -0.2) is 4.98 Å². The van der Waals surface area contributed by atoms with Crippen LogP contribution >= 0.6 is 0 Å². The lowest BCUT2D eigenvalue weighted by molar-refractivity contribution is 0.398. The topological polar surface area (TPSA) is 22.1 Å². The van der Waals surface area contributed by atoms with E-state index in [-0.39, 0.29) is 0 Å². The van der Waals surface area contributed by atoms with Crippen LogP contribution < -0.4 is 4.74 Å². The number of hydrogen-bond donors (Lipinski definition) is 0. The summed E-state index contributed by atoms with van der Waals surface area (Å²) in [6.07, 6.45) is 3.77. The summed E-state index contributed by atoms with van der Waals surface area (Å²) >= 11 is 0. The lowest BCUT2D eigenvalue weighted by Crippen LogP contribution is -1.87. The molecule has 1 aromatic heterocycles. The van der Waals surface area contributed by atoms with Crippen molar-refractivity contribution in [3.63, 3.8) is 0 Å². The van der Waals surface area contributed by atoms with Gasteiger partial charge in [-0.1, -0.05) is 13.0 Å². The fourth-order valence-corrected chi connectivity index (χ4v) is 0.683. The molecule has 0 N–H and O–H groups in total. The van der Waals surface area contributed by atoms with Gasteiger partial charge in [0.05, 0.1) is 7.11 Å². The summed E-state index contributed by atoms with van der Waals surface area (Å²) in [5, 5.41) is 0. The number of rotatable bonds is 2. The van der Waals surface area contributed by atoms with Gasteiger partial charge in [0.1, 0.15) is 0 Å². The molecule has 0 bridgehead atoms. The molecule has 1 aromatic rings. The van der Waals surface area contributed by atoms with Crippen molar-refractivity contribution in [2.45, 2.75) is 6.92 Å². The quantitative estimate of drug-likeness (QED) is 0.616. The minimum atomic E-state index is 0.658. The van der Waals surface area contributed by atoms with Crippen LogP contribution in [-0.4, -0.2) is 12.1 Å². The number of hydrogen-bond acceptors (Lipinski definition) is 2. The average Bonchev–Trinajstić information content (AvgIpc) is 2.05. The minimum absolute atomic E-state index is 0.658. The second-order valence-corrected chi connectivity index (χ2v) is 1.92. The smallest absolute Gasteiger partial charge is 0.212 e. The molecule has 0 aromatic carbocycles. The van der Waals surface area contributed by atoms with Crippen LogP contribution in [0.15, 0.2) is 18.3 Å². The zero-order valence-electron chi connectivity index (χ0n) is 6.16. The average molecular weight is 136 g/mol. The van der Waals surface area contributed by atoms with Crippen molar-refractivity contribution in [1.82, 2.24) is 4.98 Å². The summed E-state index contributed by atoms with van der Waals surface area (Å²) in [4.78, 5) is 4.01. The first-order valence-corrected chi connectivity index (χ1v) is 3.16. The molecule has 1 heterocycles. The van der Waals surface area contributed by atoms with Crippen LogP contribution in [0.4, 0.5) is 0 Å². The fourth-order valence-electron chi connectivity index (χ4n) is 0.683. The summed E-state index contributed by atoms with van der Waals surface area (Å²) < 4.78 is 4.89. The molecule has 0 aliphatic rings. The van der Waals surface area contributed by atoms with Crippen LogP contribution in [0.25, 0.3) is 0 Å². The first kappa shape index (κ1) is 7.06. The van der Waals surface area contributed by atoms with Crippen LogP contribution in [0, 0.1) is 6.42 Å². The maximum atomic E-state index is 4.89. The van der Waals surface area contributed by atoms with Gasteiger partial charge in [0.25, 0.3) is 0 Å². The third-order valence-corrected chi connectivity index (χ3v) is 1.30. The molecule has 2 heteroatoms. The van der Waals surface area contributed by atoms with Gasteiger partial charge in [-0.3, -0.25) is 0 Å². The van der Waals surface area contributed by atoms with Crippen LogP contribution in [-0.2, 0) is 0 Å². The molecular formula is C8H10NO. The van der Waals surface area contributed by atoms with Crippen LogP contribution in [0.5, 0.6) is 5.88 Å². The second-order valence-electron chi connectivity index (χ2n) is 1.92. The molecule has 0 fully saturated rings. The molecule has 0 aliphatic carbocycles. The van der Waals surface area contributed by atoms with E-state index in [1.165, 1.54) is 0 Å². The van der Waals surface area contributed by atoms with Gasteiger partial charge >= 0.3 is 0 Å². The van der Waals surface area contributed by atoms with Crippen molar-refractivity contribution in [1.29, 1.82) is 0 Å². The van der Waals surface area contributed by atoms with E-state index in [0.717, 1.165) is 5.56 Å². The molecule has 53 valence electrons. The molecule has 0 unspecified atom stereocenters. The van der Waals surface area contributed by atoms with Crippen molar-refractivity contribution in [2.75, 3.05) is 7.11 Å². The second kappa shape index (κ2) is 3.20. The van der Waals surface area contributed by atoms with Gasteiger partial charge in [-0.15, -0.1) is 0 Å². The summed E-state index contributed by atoms with van der Waals surface area (Å²) in [5.74, 6) is 0.658. The Balaban J connectivity index is 2.80. The zero-order chi connectivity index (χ0) is 7.40. The van der Waals surface area contributed by atoms with Crippen molar-refractivity contribution < 1.29 is 4.74 Å². The van der Waals surface area contributed by atoms with Crippen LogP contribution in [0.1, 0.15) is 12.5 Å². The van der Waals surface area contributed by atoms with Crippen molar-refractivity contribution >= 4 is 0 Å². The summed E-state index contributed by atoms with van der Waals surface area (Å²) in [6, 6.07) is 3.81. The molecule has 10 heavy (non-hydrogen) atoms. The van der Waals surface area contributed by atoms with E-state index in [0.29, 0.717) is 5.88 Å². The zero-order valence-corrected chi connectivity index (χ0v) is 6.16. The Morgan fingerprint density at radius 3 is 2.70 bits per heavy atom. The van der Waals surface area contributed by atoms with Gasteiger partial charge in [0.15, 0.2) is 0 Å². The normalized spacial score (nSPS) is 9.40. The van der Waals surface area contributed by atoms with E-state index >= 15 is 0 Å². The molecule has 0 saturated carbocycles. The molecule has 0 atom stereocenters. The van der Waals surface area contributed by atoms with Gasteiger partial charge in [-0.05, 0) is 12.0 Å². The standard InChI is InChI=1S/C8H10NO/c1-3-7-4-5-8(10-2)9-6-7/h3-6H,1-2H3. The van der Waals surface area contributed by atoms with E-state index in [1.807, 2.05) is 25.5 Å². The number of methoxy groups -OCH3 is 1. The largest absolute Gasteiger partial charge is 0.481 e. The van der Waals surface area contributed by atoms with E-state index < -0.39 is 0 Å². The highest BCUT2D eigenvalue weighted by Crippen LogP contribution is 2.07. The molecule has 1 rings (SSSR count). The van der Waals surface area contributed by atoms with Gasteiger partial charge in [-0.2, -0.15) is 0 Å². The van der Waals surface area contributed by atoms with Crippen molar-refractivity contribution in [3.05, 3.63) is 30.3 Å². The molecular weight excluding hydrogens is 126 g/mol. The minimum Gasteiger partial charge on any atom is -0.481 e. The van der Waals surface area contributed by atoms with E-state index in [9.17, 15) is 0 Å². The highest BCUT2D eigenvalue weighted by molar-refractivity contribution is 5.22. The molecule has 0 spiro atoms. The predicted molar refractivity (Wildman–Crippen MR) is 39.9 cm³/mol. The Bertz CT molecular complexity index is 170. The van der Waals surface area contributed by atoms with Gasteiger partial charge < -0.3 is 4.74 Å². The Kier molecular flexibility index (Phi) is 2.26. The Morgan fingerprint density at radius 2 is 2.30 bits per heavy atom. The maximum absolute atomic E-state index is 4.89. The molecule has 2 nitrogen and oxygen atoms in total. The molecule has 0 saturated heterocycles. The highest BCUT2D eigenvalue weighted by atomic mass is 16.5. The lowest BCUT2D eigenvalue weighted by Gasteiger charge is -1.97. The lowest BCUT2D eigenvalue weighted by atomic mass is 10.2. The maximum Gasteiger partial charge on any atom is 0.212 e.